The molecule has 0 radical (unpaired) electrons. The van der Waals surface area contributed by atoms with Crippen LogP contribution >= 0.6 is 0 Å². The van der Waals surface area contributed by atoms with Crippen molar-refractivity contribution in [2.24, 2.45) is 0 Å². The molecule has 0 aromatic heterocycles. The Bertz CT molecular complexity index is 771. The van der Waals surface area contributed by atoms with Gasteiger partial charge in [0.1, 0.15) is 25.9 Å². The third-order valence-electron chi connectivity index (χ3n) is 3.59. The first-order valence-electron chi connectivity index (χ1n) is 9.00. The van der Waals surface area contributed by atoms with Crippen LogP contribution in [0.25, 0.3) is 0 Å². The van der Waals surface area contributed by atoms with Crippen molar-refractivity contribution in [1.29, 1.82) is 0 Å². The van der Waals surface area contributed by atoms with Gasteiger partial charge in [-0.1, -0.05) is 13.0 Å². The Kier molecular flexibility index (Phi) is 10.8. The lowest BCUT2D eigenvalue weighted by Crippen LogP contribution is -2.25. The average Bonchev–Trinajstić information content (AvgIpc) is 2.77. The molecule has 1 rings (SSSR count). The molecule has 30 heavy (non-hydrogen) atoms. The van der Waals surface area contributed by atoms with Gasteiger partial charge in [0.15, 0.2) is 0 Å². The van der Waals surface area contributed by atoms with E-state index in [0.29, 0.717) is 6.42 Å². The van der Waals surface area contributed by atoms with E-state index < -0.39 is 49.3 Å². The largest absolute Gasteiger partial charge is 0.466 e. The third-order valence-corrected chi connectivity index (χ3v) is 3.59. The second-order valence-electron chi connectivity index (χ2n) is 5.98. The van der Waals surface area contributed by atoms with Crippen molar-refractivity contribution in [3.63, 3.8) is 0 Å². The predicted molar refractivity (Wildman–Crippen MR) is 101 cm³/mol. The number of carbonyl (C=O) groups is 4. The first-order chi connectivity index (χ1) is 14.3. The van der Waals surface area contributed by atoms with Gasteiger partial charge in [0.05, 0.1) is 24.3 Å². The Balaban J connectivity index is 2.49. The molecular weight excluding hydrogens is 400 g/mol. The van der Waals surface area contributed by atoms with Crippen LogP contribution in [-0.2, 0) is 28.5 Å². The number of aliphatic hydroxyl groups is 2. The smallest absolute Gasteiger partial charge is 0.338 e. The molecule has 0 amide bonds. The number of carbonyl (C=O) groups excluding carboxylic acids is 4. The molecule has 1 aromatic carbocycles. The van der Waals surface area contributed by atoms with Crippen molar-refractivity contribution < 1.29 is 48.3 Å². The first kappa shape index (κ1) is 24.8. The molecule has 0 saturated heterocycles. The molecule has 2 N–H and O–H groups in total. The maximum absolute atomic E-state index is 12.1. The van der Waals surface area contributed by atoms with E-state index in [1.807, 2.05) is 0 Å². The van der Waals surface area contributed by atoms with Crippen LogP contribution in [0.3, 0.4) is 0 Å². The summed E-state index contributed by atoms with van der Waals surface area (Å²) in [6.45, 7) is 0.640. The van der Waals surface area contributed by atoms with Crippen LogP contribution in [0, 0.1) is 0 Å². The summed E-state index contributed by atoms with van der Waals surface area (Å²) < 4.78 is 18.9. The summed E-state index contributed by atoms with van der Waals surface area (Å²) in [7, 11) is 1.14. The first-order valence-corrected chi connectivity index (χ1v) is 9.00. The number of aliphatic hydroxyl groups excluding tert-OH is 2. The molecule has 0 aliphatic heterocycles. The molecule has 0 fully saturated rings. The summed E-state index contributed by atoms with van der Waals surface area (Å²) in [4.78, 5) is 46.2. The number of hydrogen-bond donors (Lipinski definition) is 2. The number of benzene rings is 1. The van der Waals surface area contributed by atoms with Crippen LogP contribution in [0.15, 0.2) is 36.4 Å². The fourth-order valence-corrected chi connectivity index (χ4v) is 1.88. The van der Waals surface area contributed by atoms with Crippen LogP contribution in [0.4, 0.5) is 0 Å². The van der Waals surface area contributed by atoms with Crippen LogP contribution in [0.1, 0.15) is 34.1 Å². The number of esters is 4. The lowest BCUT2D eigenvalue weighted by Gasteiger charge is -2.12. The van der Waals surface area contributed by atoms with Gasteiger partial charge in [0.2, 0.25) is 0 Å². The highest BCUT2D eigenvalue weighted by Crippen LogP contribution is 2.09. The van der Waals surface area contributed by atoms with E-state index in [9.17, 15) is 29.4 Å². The average molecular weight is 424 g/mol. The number of hydrogen-bond acceptors (Lipinski definition) is 10. The van der Waals surface area contributed by atoms with E-state index >= 15 is 0 Å². The molecule has 0 heterocycles. The molecule has 0 spiro atoms. The van der Waals surface area contributed by atoms with Crippen LogP contribution < -0.4 is 0 Å². The van der Waals surface area contributed by atoms with Crippen LogP contribution in [0.2, 0.25) is 0 Å². The Hall–Kier alpha value is -3.24. The predicted octanol–water partition coefficient (Wildman–Crippen LogP) is 0.404. The minimum absolute atomic E-state index is 0.0469. The van der Waals surface area contributed by atoms with Crippen molar-refractivity contribution in [2.45, 2.75) is 25.6 Å². The van der Waals surface area contributed by atoms with Crippen LogP contribution in [-0.4, -0.2) is 73.2 Å². The molecule has 10 heteroatoms. The third kappa shape index (κ3) is 9.30. The molecule has 0 aliphatic rings. The second-order valence-corrected chi connectivity index (χ2v) is 5.98. The minimum Gasteiger partial charge on any atom is -0.466 e. The van der Waals surface area contributed by atoms with Gasteiger partial charge in [0.25, 0.3) is 0 Å². The van der Waals surface area contributed by atoms with Gasteiger partial charge in [-0.3, -0.25) is 0 Å². The SMILES string of the molecule is CCC(O)COC(=O)c1cccc(C(=O)OCC(O)COC(=O)/C=C\C(=O)OC)c1. The zero-order valence-corrected chi connectivity index (χ0v) is 16.6. The maximum atomic E-state index is 12.1. The van der Waals surface area contributed by atoms with Crippen molar-refractivity contribution in [3.05, 3.63) is 47.5 Å². The normalized spacial score (nSPS) is 12.7. The van der Waals surface area contributed by atoms with Gasteiger partial charge in [0, 0.05) is 12.2 Å². The van der Waals surface area contributed by atoms with Crippen molar-refractivity contribution >= 4 is 23.9 Å². The fraction of sp³-hybridized carbons (Fsp3) is 0.400. The number of ether oxygens (including phenoxy) is 4. The maximum Gasteiger partial charge on any atom is 0.338 e. The summed E-state index contributed by atoms with van der Waals surface area (Å²) in [6, 6.07) is 5.56. The lowest BCUT2D eigenvalue weighted by atomic mass is 10.1. The molecule has 2 unspecified atom stereocenters. The lowest BCUT2D eigenvalue weighted by molar-refractivity contribution is -0.142. The molecule has 1 aromatic rings. The van der Waals surface area contributed by atoms with Gasteiger partial charge in [-0.05, 0) is 24.6 Å². The zero-order chi connectivity index (χ0) is 22.5. The van der Waals surface area contributed by atoms with Gasteiger partial charge in [-0.15, -0.1) is 0 Å². The molecule has 10 nitrogen and oxygen atoms in total. The molecule has 0 saturated carbocycles. The van der Waals surface area contributed by atoms with Crippen molar-refractivity contribution in [3.8, 4) is 0 Å². The summed E-state index contributed by atoms with van der Waals surface area (Å²) in [6.07, 6.45) is 0.0465. The van der Waals surface area contributed by atoms with Crippen molar-refractivity contribution in [1.82, 2.24) is 0 Å². The van der Waals surface area contributed by atoms with E-state index in [4.69, 9.17) is 9.47 Å². The number of methoxy groups -OCH3 is 1. The van der Waals surface area contributed by atoms with E-state index in [-0.39, 0.29) is 17.7 Å². The van der Waals surface area contributed by atoms with Gasteiger partial charge in [-0.2, -0.15) is 0 Å². The Morgan fingerprint density at radius 3 is 1.90 bits per heavy atom. The molecule has 2 atom stereocenters. The Labute approximate surface area is 173 Å². The Morgan fingerprint density at radius 2 is 1.37 bits per heavy atom. The molecule has 0 bridgehead atoms. The van der Waals surface area contributed by atoms with Crippen LogP contribution in [0.5, 0.6) is 0 Å². The van der Waals surface area contributed by atoms with E-state index in [2.05, 4.69) is 9.47 Å². The number of rotatable bonds is 11. The van der Waals surface area contributed by atoms with Gasteiger partial charge >= 0.3 is 23.9 Å². The highest BCUT2D eigenvalue weighted by atomic mass is 16.6. The molecule has 164 valence electrons. The van der Waals surface area contributed by atoms with Gasteiger partial charge < -0.3 is 29.2 Å². The summed E-state index contributed by atoms with van der Waals surface area (Å²) >= 11 is 0. The summed E-state index contributed by atoms with van der Waals surface area (Å²) in [5.41, 5.74) is 0.144. The van der Waals surface area contributed by atoms with E-state index in [1.54, 1.807) is 6.92 Å². The summed E-state index contributed by atoms with van der Waals surface area (Å²) in [5, 5.41) is 19.2. The topological polar surface area (TPSA) is 146 Å². The van der Waals surface area contributed by atoms with E-state index in [0.717, 1.165) is 19.3 Å². The highest BCUT2D eigenvalue weighted by Gasteiger charge is 2.16. The molecular formula is C20H24O10. The standard InChI is InChI=1S/C20H24O10/c1-3-15(21)10-29-19(25)13-5-4-6-14(9-13)20(26)30-12-16(22)11-28-18(24)8-7-17(23)27-2/h4-9,15-16,21-22H,3,10-12H2,1-2H3/b8-7-. The highest BCUT2D eigenvalue weighted by molar-refractivity contribution is 5.95. The zero-order valence-electron chi connectivity index (χ0n) is 16.6. The fourth-order valence-electron chi connectivity index (χ4n) is 1.88. The van der Waals surface area contributed by atoms with Gasteiger partial charge in [-0.25, -0.2) is 19.2 Å². The summed E-state index contributed by atoms with van der Waals surface area (Å²) in [5.74, 6) is -3.14. The van der Waals surface area contributed by atoms with Crippen molar-refractivity contribution in [2.75, 3.05) is 26.9 Å². The quantitative estimate of drug-likeness (QED) is 0.291. The molecule has 0 aliphatic carbocycles. The minimum atomic E-state index is -1.30. The monoisotopic (exact) mass is 424 g/mol. The second kappa shape index (κ2) is 13.1. The van der Waals surface area contributed by atoms with E-state index in [1.165, 1.54) is 24.3 Å². The Morgan fingerprint density at radius 1 is 0.867 bits per heavy atom.